The van der Waals surface area contributed by atoms with Crippen molar-refractivity contribution in [2.24, 2.45) is 5.92 Å². The molecule has 1 N–H and O–H groups in total. The Morgan fingerprint density at radius 1 is 1.22 bits per heavy atom. The summed E-state index contributed by atoms with van der Waals surface area (Å²) in [6.07, 6.45) is -0.497. The summed E-state index contributed by atoms with van der Waals surface area (Å²) in [5.74, 6) is -1.76. The molecular weight excluding hydrogens is 234 g/mol. The highest BCUT2D eigenvalue weighted by Gasteiger charge is 2.47. The fraction of sp³-hybridized carbons (Fsp3) is 0.846. The third-order valence-electron chi connectivity index (χ3n) is 3.34. The first-order valence-corrected chi connectivity index (χ1v) is 6.18. The van der Waals surface area contributed by atoms with Crippen LogP contribution in [0.5, 0.6) is 0 Å². The van der Waals surface area contributed by atoms with Crippen LogP contribution in [0.3, 0.4) is 0 Å². The zero-order valence-electron chi connectivity index (χ0n) is 12.2. The lowest BCUT2D eigenvalue weighted by molar-refractivity contribution is -0.900. The van der Waals surface area contributed by atoms with E-state index in [2.05, 4.69) is 0 Å². The lowest BCUT2D eigenvalue weighted by atomic mass is 9.82. The maximum atomic E-state index is 12.1. The van der Waals surface area contributed by atoms with E-state index in [1.54, 1.807) is 6.92 Å². The summed E-state index contributed by atoms with van der Waals surface area (Å²) in [6, 6.07) is -0.526. The molecule has 0 rings (SSSR count). The molecule has 0 saturated carbocycles. The highest BCUT2D eigenvalue weighted by atomic mass is 16.4. The summed E-state index contributed by atoms with van der Waals surface area (Å²) in [6.45, 7) is 5.39. The summed E-state index contributed by atoms with van der Waals surface area (Å²) in [5.41, 5.74) is -1.87. The van der Waals surface area contributed by atoms with Gasteiger partial charge < -0.3 is 19.5 Å². The van der Waals surface area contributed by atoms with Crippen molar-refractivity contribution in [3.05, 3.63) is 0 Å². The second kappa shape index (κ2) is 5.80. The highest BCUT2D eigenvalue weighted by Crippen LogP contribution is 2.26. The molecule has 0 aliphatic heterocycles. The molecule has 0 amide bonds. The van der Waals surface area contributed by atoms with Crippen LogP contribution in [-0.4, -0.2) is 54.1 Å². The molecule has 0 spiro atoms. The van der Waals surface area contributed by atoms with Crippen LogP contribution in [0.15, 0.2) is 0 Å². The van der Waals surface area contributed by atoms with E-state index in [4.69, 9.17) is 0 Å². The Kier molecular flexibility index (Phi) is 5.50. The lowest BCUT2D eigenvalue weighted by Crippen LogP contribution is -2.62. The van der Waals surface area contributed by atoms with E-state index < -0.39 is 29.8 Å². The Morgan fingerprint density at radius 3 is 1.94 bits per heavy atom. The van der Waals surface area contributed by atoms with Gasteiger partial charge in [0.15, 0.2) is 11.4 Å². The number of ketones is 1. The molecular formula is C13H25NO4. The van der Waals surface area contributed by atoms with Gasteiger partial charge in [0.25, 0.3) is 0 Å². The van der Waals surface area contributed by atoms with Crippen molar-refractivity contribution in [2.75, 3.05) is 21.1 Å². The van der Waals surface area contributed by atoms with Gasteiger partial charge in [0, 0.05) is 18.8 Å². The fourth-order valence-corrected chi connectivity index (χ4v) is 1.89. The SMILES string of the molecule is CC(C)CC(=O)C(O)(CC(=O)[O-])C(C)[N+](C)(C)C. The number of hydrogen-bond donors (Lipinski definition) is 1. The molecule has 2 unspecified atom stereocenters. The second-order valence-corrected chi connectivity index (χ2v) is 6.29. The molecule has 0 aromatic rings. The van der Waals surface area contributed by atoms with E-state index in [1.165, 1.54) is 0 Å². The van der Waals surface area contributed by atoms with E-state index in [0.717, 1.165) is 0 Å². The molecule has 0 fully saturated rings. The molecule has 0 bridgehead atoms. The van der Waals surface area contributed by atoms with Gasteiger partial charge in [-0.1, -0.05) is 13.8 Å². The number of carbonyl (C=O) groups is 2. The maximum absolute atomic E-state index is 12.1. The summed E-state index contributed by atoms with van der Waals surface area (Å²) < 4.78 is 0.299. The van der Waals surface area contributed by atoms with Gasteiger partial charge in [-0.3, -0.25) is 4.79 Å². The molecule has 0 aromatic carbocycles. The molecule has 18 heavy (non-hydrogen) atoms. The van der Waals surface area contributed by atoms with E-state index in [9.17, 15) is 19.8 Å². The molecule has 0 heterocycles. The number of rotatable bonds is 7. The topological polar surface area (TPSA) is 77.4 Å². The molecule has 2 atom stereocenters. The first kappa shape index (κ1) is 17.1. The number of carboxylic acids is 1. The zero-order chi connectivity index (χ0) is 14.7. The van der Waals surface area contributed by atoms with Crippen molar-refractivity contribution >= 4 is 11.8 Å². The monoisotopic (exact) mass is 259 g/mol. The van der Waals surface area contributed by atoms with Gasteiger partial charge in [-0.2, -0.15) is 0 Å². The van der Waals surface area contributed by atoms with Crippen LogP contribution in [0.4, 0.5) is 0 Å². The summed E-state index contributed by atoms with van der Waals surface area (Å²) in [5, 5.41) is 21.3. The molecule has 5 heteroatoms. The quantitative estimate of drug-likeness (QED) is 0.629. The number of carbonyl (C=O) groups excluding carboxylic acids is 2. The Hall–Kier alpha value is -0.940. The van der Waals surface area contributed by atoms with Crippen LogP contribution in [0.2, 0.25) is 0 Å². The zero-order valence-corrected chi connectivity index (χ0v) is 12.2. The molecule has 0 aromatic heterocycles. The number of aliphatic carboxylic acids is 1. The number of aliphatic hydroxyl groups is 1. The molecule has 0 aliphatic carbocycles. The Bertz CT molecular complexity index is 319. The smallest absolute Gasteiger partial charge is 0.179 e. The second-order valence-electron chi connectivity index (χ2n) is 6.29. The number of hydrogen-bond acceptors (Lipinski definition) is 4. The normalized spacial score (nSPS) is 17.3. The maximum Gasteiger partial charge on any atom is 0.179 e. The van der Waals surface area contributed by atoms with Crippen molar-refractivity contribution in [3.8, 4) is 0 Å². The molecule has 5 nitrogen and oxygen atoms in total. The van der Waals surface area contributed by atoms with Crippen LogP contribution < -0.4 is 5.11 Å². The van der Waals surface area contributed by atoms with E-state index in [-0.39, 0.29) is 12.3 Å². The number of quaternary nitrogens is 1. The average molecular weight is 259 g/mol. The van der Waals surface area contributed by atoms with Crippen molar-refractivity contribution < 1.29 is 24.3 Å². The number of carboxylic acid groups (broad SMARTS) is 1. The number of likely N-dealkylation sites (N-methyl/N-ethyl adjacent to an activating group) is 1. The van der Waals surface area contributed by atoms with Crippen molar-refractivity contribution in [2.45, 2.75) is 45.3 Å². The lowest BCUT2D eigenvalue weighted by Gasteiger charge is -2.42. The van der Waals surface area contributed by atoms with Crippen LogP contribution in [-0.2, 0) is 9.59 Å². The summed E-state index contributed by atoms with van der Waals surface area (Å²) in [4.78, 5) is 23.0. The third-order valence-corrected chi connectivity index (χ3v) is 3.34. The predicted molar refractivity (Wildman–Crippen MR) is 66.5 cm³/mol. The number of Topliss-reactive ketones (excluding diaryl/α,β-unsaturated/α-hetero) is 1. The molecule has 106 valence electrons. The fourth-order valence-electron chi connectivity index (χ4n) is 1.89. The van der Waals surface area contributed by atoms with Gasteiger partial charge >= 0.3 is 0 Å². The minimum atomic E-state index is -1.87. The Balaban J connectivity index is 5.30. The van der Waals surface area contributed by atoms with E-state index >= 15 is 0 Å². The first-order chi connectivity index (χ1) is 7.91. The van der Waals surface area contributed by atoms with Crippen LogP contribution in [0, 0.1) is 5.92 Å². The van der Waals surface area contributed by atoms with Crippen molar-refractivity contribution in [1.82, 2.24) is 0 Å². The molecule has 0 saturated heterocycles. The standard InChI is InChI=1S/C13H25NO4/c1-9(2)7-11(15)13(18,8-12(16)17)10(3)14(4,5)6/h9-10,18H,7-8H2,1-6H3. The van der Waals surface area contributed by atoms with Gasteiger partial charge in [0.2, 0.25) is 0 Å². The van der Waals surface area contributed by atoms with Gasteiger partial charge in [0.1, 0.15) is 6.04 Å². The van der Waals surface area contributed by atoms with Crippen molar-refractivity contribution in [3.63, 3.8) is 0 Å². The average Bonchev–Trinajstić information content (AvgIpc) is 2.12. The van der Waals surface area contributed by atoms with E-state index in [0.29, 0.717) is 4.48 Å². The Labute approximate surface area is 109 Å². The van der Waals surface area contributed by atoms with Gasteiger partial charge in [-0.15, -0.1) is 0 Å². The first-order valence-electron chi connectivity index (χ1n) is 6.18. The minimum Gasteiger partial charge on any atom is -0.550 e. The summed E-state index contributed by atoms with van der Waals surface area (Å²) >= 11 is 0. The highest BCUT2D eigenvalue weighted by molar-refractivity contribution is 5.91. The third kappa shape index (κ3) is 4.38. The largest absolute Gasteiger partial charge is 0.550 e. The number of nitrogens with zero attached hydrogens (tertiary/aromatic N) is 1. The summed E-state index contributed by atoms with van der Waals surface area (Å²) in [7, 11) is 5.44. The molecule has 0 radical (unpaired) electrons. The van der Waals surface area contributed by atoms with Gasteiger partial charge in [0.05, 0.1) is 21.1 Å². The van der Waals surface area contributed by atoms with Crippen molar-refractivity contribution in [1.29, 1.82) is 0 Å². The van der Waals surface area contributed by atoms with Gasteiger partial charge in [-0.05, 0) is 12.8 Å². The minimum absolute atomic E-state index is 0.0745. The van der Waals surface area contributed by atoms with Crippen LogP contribution in [0.25, 0.3) is 0 Å². The molecule has 0 aliphatic rings. The van der Waals surface area contributed by atoms with E-state index in [1.807, 2.05) is 35.0 Å². The van der Waals surface area contributed by atoms with Gasteiger partial charge in [-0.25, -0.2) is 0 Å². The van der Waals surface area contributed by atoms with Crippen LogP contribution in [0.1, 0.15) is 33.6 Å². The Morgan fingerprint density at radius 2 is 1.67 bits per heavy atom. The van der Waals surface area contributed by atoms with Crippen LogP contribution >= 0.6 is 0 Å². The predicted octanol–water partition coefficient (Wildman–Crippen LogP) is -0.433.